The summed E-state index contributed by atoms with van der Waals surface area (Å²) in [6.07, 6.45) is 4.79. The highest BCUT2D eigenvalue weighted by molar-refractivity contribution is 5.49. The summed E-state index contributed by atoms with van der Waals surface area (Å²) in [5.74, 6) is 8.75. The minimum atomic E-state index is 0.535. The van der Waals surface area contributed by atoms with Crippen molar-refractivity contribution < 1.29 is 0 Å². The van der Waals surface area contributed by atoms with Gasteiger partial charge in [-0.25, -0.2) is 15.8 Å². The van der Waals surface area contributed by atoms with Gasteiger partial charge in [-0.3, -0.25) is 0 Å². The molecule has 0 radical (unpaired) electrons. The molecule has 2 aliphatic rings. The summed E-state index contributed by atoms with van der Waals surface area (Å²) in [6, 6.07) is 2.51. The number of nitrogens with one attached hydrogen (secondary N) is 1. The van der Waals surface area contributed by atoms with Crippen LogP contribution < -0.4 is 16.2 Å². The summed E-state index contributed by atoms with van der Waals surface area (Å²) >= 11 is 0. The maximum absolute atomic E-state index is 5.56. The van der Waals surface area contributed by atoms with Crippen molar-refractivity contribution in [1.29, 1.82) is 0 Å². The van der Waals surface area contributed by atoms with Gasteiger partial charge >= 0.3 is 0 Å². The fourth-order valence-corrected chi connectivity index (χ4v) is 3.04. The van der Waals surface area contributed by atoms with Gasteiger partial charge in [0.2, 0.25) is 0 Å². The van der Waals surface area contributed by atoms with Crippen LogP contribution in [0.1, 0.15) is 44.3 Å². The highest BCUT2D eigenvalue weighted by Crippen LogP contribution is 2.39. The molecule has 1 aromatic heterocycles. The normalized spacial score (nSPS) is 20.5. The number of likely N-dealkylation sites (tertiary alicyclic amines) is 1. The average molecular weight is 290 g/mol. The topological polar surface area (TPSA) is 70.3 Å². The second-order valence-corrected chi connectivity index (χ2v) is 6.16. The molecule has 0 atom stereocenters. The number of nitrogens with zero attached hydrogens (tertiary/aromatic N) is 4. The van der Waals surface area contributed by atoms with Gasteiger partial charge in [-0.15, -0.1) is 0 Å². The number of nitrogen functional groups attached to an aromatic ring is 1. The summed E-state index contributed by atoms with van der Waals surface area (Å²) in [5.41, 5.74) is 2.68. The van der Waals surface area contributed by atoms with Gasteiger partial charge in [-0.2, -0.15) is 0 Å². The third-order valence-corrected chi connectivity index (χ3v) is 4.73. The van der Waals surface area contributed by atoms with Crippen LogP contribution in [0, 0.1) is 0 Å². The van der Waals surface area contributed by atoms with Gasteiger partial charge in [0.25, 0.3) is 0 Å². The van der Waals surface area contributed by atoms with E-state index in [2.05, 4.69) is 34.2 Å². The maximum atomic E-state index is 5.56. The molecule has 1 aliphatic heterocycles. The fraction of sp³-hybridized carbons (Fsp3) is 0.733. The summed E-state index contributed by atoms with van der Waals surface area (Å²) < 4.78 is 0. The molecule has 0 amide bonds. The van der Waals surface area contributed by atoms with Gasteiger partial charge in [0.1, 0.15) is 17.5 Å². The predicted octanol–water partition coefficient (Wildman–Crippen LogP) is 1.56. The number of hydrogen-bond acceptors (Lipinski definition) is 6. The Morgan fingerprint density at radius 3 is 2.57 bits per heavy atom. The molecule has 1 saturated heterocycles. The van der Waals surface area contributed by atoms with Crippen LogP contribution in [0.3, 0.4) is 0 Å². The molecule has 2 fully saturated rings. The summed E-state index contributed by atoms with van der Waals surface area (Å²) in [7, 11) is 2.14. The Balaban J connectivity index is 1.74. The Bertz CT molecular complexity index is 479. The molecule has 0 bridgehead atoms. The molecule has 3 rings (SSSR count). The second kappa shape index (κ2) is 6.15. The van der Waals surface area contributed by atoms with E-state index in [-0.39, 0.29) is 0 Å². The lowest BCUT2D eigenvalue weighted by atomic mass is 10.0. The number of nitrogens with two attached hydrogens (primary N) is 1. The van der Waals surface area contributed by atoms with Crippen molar-refractivity contribution >= 4 is 11.6 Å². The van der Waals surface area contributed by atoms with E-state index in [4.69, 9.17) is 10.8 Å². The van der Waals surface area contributed by atoms with Crippen molar-refractivity contribution in [3.8, 4) is 0 Å². The highest BCUT2D eigenvalue weighted by atomic mass is 15.3. The standard InChI is InChI=1S/C15H26N6/c1-3-21-8-6-12(7-9-21)20(2)14-10-13(19-16)17-15(18-14)11-4-5-11/h10-12H,3-9,16H2,1-2H3,(H,17,18,19). The quantitative estimate of drug-likeness (QED) is 0.633. The SMILES string of the molecule is CCN1CCC(N(C)c2cc(NN)nc(C3CC3)n2)CC1. The van der Waals surface area contributed by atoms with Crippen LogP contribution in [0.5, 0.6) is 0 Å². The molecule has 0 spiro atoms. The smallest absolute Gasteiger partial charge is 0.145 e. The highest BCUT2D eigenvalue weighted by Gasteiger charge is 2.29. The monoisotopic (exact) mass is 290 g/mol. The van der Waals surface area contributed by atoms with E-state index in [0.717, 1.165) is 24.0 Å². The molecule has 21 heavy (non-hydrogen) atoms. The first-order valence-electron chi connectivity index (χ1n) is 8.02. The molecule has 6 heteroatoms. The number of hydrogen-bond donors (Lipinski definition) is 2. The Morgan fingerprint density at radius 1 is 1.29 bits per heavy atom. The third-order valence-electron chi connectivity index (χ3n) is 4.73. The number of hydrazine groups is 1. The predicted molar refractivity (Wildman–Crippen MR) is 85.4 cm³/mol. The van der Waals surface area contributed by atoms with Crippen molar-refractivity contribution in [3.63, 3.8) is 0 Å². The molecule has 1 aliphatic carbocycles. The van der Waals surface area contributed by atoms with Crippen LogP contribution in [0.15, 0.2) is 6.07 Å². The Labute approximate surface area is 126 Å². The lowest BCUT2D eigenvalue weighted by Gasteiger charge is -2.37. The number of anilines is 2. The molecule has 3 N–H and O–H groups in total. The molecular weight excluding hydrogens is 264 g/mol. The van der Waals surface area contributed by atoms with Gasteiger partial charge in [-0.05, 0) is 32.2 Å². The summed E-state index contributed by atoms with van der Waals surface area (Å²) in [5, 5.41) is 0. The van der Waals surface area contributed by atoms with E-state index in [0.29, 0.717) is 12.0 Å². The van der Waals surface area contributed by atoms with E-state index in [1.807, 2.05) is 6.07 Å². The van der Waals surface area contributed by atoms with Gasteiger partial charge in [0, 0.05) is 38.2 Å². The zero-order valence-electron chi connectivity index (χ0n) is 13.0. The van der Waals surface area contributed by atoms with Gasteiger partial charge in [0.05, 0.1) is 0 Å². The zero-order chi connectivity index (χ0) is 14.8. The van der Waals surface area contributed by atoms with Gasteiger partial charge in [0.15, 0.2) is 0 Å². The lowest BCUT2D eigenvalue weighted by Crippen LogP contribution is -2.43. The van der Waals surface area contributed by atoms with E-state index >= 15 is 0 Å². The van der Waals surface area contributed by atoms with Crippen molar-refractivity contribution in [2.24, 2.45) is 5.84 Å². The minimum absolute atomic E-state index is 0.535. The summed E-state index contributed by atoms with van der Waals surface area (Å²) in [4.78, 5) is 14.1. The van der Waals surface area contributed by atoms with Crippen LogP contribution in [-0.2, 0) is 0 Å². The largest absolute Gasteiger partial charge is 0.356 e. The first-order chi connectivity index (χ1) is 10.2. The van der Waals surface area contributed by atoms with Crippen LogP contribution in [0.25, 0.3) is 0 Å². The Morgan fingerprint density at radius 2 is 2.00 bits per heavy atom. The molecule has 116 valence electrons. The molecule has 2 heterocycles. The van der Waals surface area contributed by atoms with E-state index in [1.165, 1.54) is 38.8 Å². The third kappa shape index (κ3) is 3.27. The molecule has 0 unspecified atom stereocenters. The molecule has 1 aromatic rings. The average Bonchev–Trinajstić information content (AvgIpc) is 3.38. The molecule has 1 saturated carbocycles. The van der Waals surface area contributed by atoms with Gasteiger partial charge in [-0.1, -0.05) is 6.92 Å². The number of aromatic nitrogens is 2. The van der Waals surface area contributed by atoms with Crippen LogP contribution >= 0.6 is 0 Å². The first kappa shape index (κ1) is 14.5. The first-order valence-corrected chi connectivity index (χ1v) is 8.02. The van der Waals surface area contributed by atoms with Crippen molar-refractivity contribution in [2.45, 2.75) is 44.6 Å². The van der Waals surface area contributed by atoms with Crippen molar-refractivity contribution in [3.05, 3.63) is 11.9 Å². The molecular formula is C15H26N6. The van der Waals surface area contributed by atoms with E-state index in [1.54, 1.807) is 0 Å². The molecule has 6 nitrogen and oxygen atoms in total. The van der Waals surface area contributed by atoms with Crippen LogP contribution in [0.2, 0.25) is 0 Å². The summed E-state index contributed by atoms with van der Waals surface area (Å²) in [6.45, 7) is 5.73. The Hall–Kier alpha value is -1.40. The van der Waals surface area contributed by atoms with E-state index in [9.17, 15) is 0 Å². The van der Waals surface area contributed by atoms with Crippen molar-refractivity contribution in [2.75, 3.05) is 37.0 Å². The number of rotatable bonds is 5. The lowest BCUT2D eigenvalue weighted by molar-refractivity contribution is 0.220. The fourth-order valence-electron chi connectivity index (χ4n) is 3.04. The maximum Gasteiger partial charge on any atom is 0.145 e. The number of piperidine rings is 1. The van der Waals surface area contributed by atoms with Crippen LogP contribution in [0.4, 0.5) is 11.6 Å². The Kier molecular flexibility index (Phi) is 4.26. The van der Waals surface area contributed by atoms with Crippen LogP contribution in [-0.4, -0.2) is 47.6 Å². The molecule has 0 aromatic carbocycles. The minimum Gasteiger partial charge on any atom is -0.356 e. The zero-order valence-corrected chi connectivity index (χ0v) is 13.0. The van der Waals surface area contributed by atoms with Gasteiger partial charge < -0.3 is 15.2 Å². The van der Waals surface area contributed by atoms with E-state index < -0.39 is 0 Å². The second-order valence-electron chi connectivity index (χ2n) is 6.16. The van der Waals surface area contributed by atoms with Crippen molar-refractivity contribution in [1.82, 2.24) is 14.9 Å².